The molecule has 11 heavy (non-hydrogen) atoms. The number of nitrogens with zero attached hydrogens (tertiary/aromatic N) is 1. The number of pyridine rings is 1. The first-order chi connectivity index (χ1) is 3.39. The van der Waals surface area contributed by atoms with E-state index in [1.54, 1.807) is 12.3 Å². The molecule has 0 aliphatic carbocycles. The molecule has 0 aliphatic rings. The average Bonchev–Trinajstić information content (AvgIpc) is 1.69. The molecule has 0 amide bonds. The molecule has 0 aromatic carbocycles. The van der Waals surface area contributed by atoms with E-state index < -0.39 is 0 Å². The summed E-state index contributed by atoms with van der Waals surface area (Å²) < 4.78 is 0. The predicted octanol–water partition coefficient (Wildman–Crippen LogP) is 2.01. The molecule has 1 aromatic heterocycles. The molecule has 0 bridgehead atoms. The summed E-state index contributed by atoms with van der Waals surface area (Å²) in [5.41, 5.74) is 5.25. The van der Waals surface area contributed by atoms with Gasteiger partial charge in [-0.15, -0.1) is 0 Å². The molecule has 0 fully saturated rings. The van der Waals surface area contributed by atoms with Gasteiger partial charge in [-0.1, -0.05) is 6.07 Å². The van der Waals surface area contributed by atoms with Crippen molar-refractivity contribution >= 4 is 5.82 Å². The third-order valence-electron chi connectivity index (χ3n) is 0.688. The van der Waals surface area contributed by atoms with Gasteiger partial charge in [0, 0.05) is 6.20 Å². The van der Waals surface area contributed by atoms with Crippen molar-refractivity contribution in [3.63, 3.8) is 0 Å². The Bertz CT molecular complexity index is 142. The van der Waals surface area contributed by atoms with Crippen molar-refractivity contribution in [1.29, 1.82) is 0 Å². The molecule has 0 saturated heterocycles. The Hall–Kier alpha value is -0.310. The van der Waals surface area contributed by atoms with Crippen LogP contribution in [0, 0.1) is 22.3 Å². The Labute approximate surface area is 85.7 Å². The minimum atomic E-state index is 0. The molecule has 68 valence electrons. The number of nitrogen functional groups attached to an aromatic ring is 1. The molecule has 1 rings (SSSR count). The normalized spacial score (nSPS) is 5.45. The maximum absolute atomic E-state index is 5.25. The van der Waals surface area contributed by atoms with Gasteiger partial charge in [0.2, 0.25) is 0 Å². The molecular weight excluding hydrogens is 321 g/mol. The van der Waals surface area contributed by atoms with Crippen LogP contribution in [-0.4, -0.2) is 4.98 Å². The first-order valence-corrected chi connectivity index (χ1v) is 2.06. The Balaban J connectivity index is -0.0000000612. The van der Waals surface area contributed by atoms with E-state index in [0.29, 0.717) is 5.82 Å². The van der Waals surface area contributed by atoms with Gasteiger partial charge < -0.3 is 28.0 Å². The van der Waals surface area contributed by atoms with Gasteiger partial charge in [-0.3, -0.25) is 0 Å². The van der Waals surface area contributed by atoms with Crippen molar-refractivity contribution in [2.24, 2.45) is 0 Å². The number of rotatable bonds is 0. The molecule has 0 saturated carbocycles. The van der Waals surface area contributed by atoms with Gasteiger partial charge in [-0.05, 0) is 12.1 Å². The quantitative estimate of drug-likeness (QED) is 0.582. The molecule has 0 unspecified atom stereocenters. The molecule has 0 aliphatic heterocycles. The van der Waals surface area contributed by atoms with E-state index >= 15 is 0 Å². The molecular formula is C8H15AuN2. The zero-order chi connectivity index (χ0) is 5.11. The van der Waals surface area contributed by atoms with Crippen LogP contribution in [0.25, 0.3) is 0 Å². The molecule has 1 aromatic rings. The SMILES string of the molecule is Nc1ccccn1.[Au+3].[CH3-].[CH3-].[CH3-]. The molecule has 0 radical (unpaired) electrons. The Morgan fingerprint density at radius 2 is 1.64 bits per heavy atom. The number of nitrogens with two attached hydrogens (primary N) is 1. The second-order valence-electron chi connectivity index (χ2n) is 1.25. The van der Waals surface area contributed by atoms with Crippen LogP contribution >= 0.6 is 0 Å². The fourth-order valence-electron chi connectivity index (χ4n) is 0.376. The van der Waals surface area contributed by atoms with E-state index in [4.69, 9.17) is 5.73 Å². The Morgan fingerprint density at radius 1 is 1.09 bits per heavy atom. The maximum atomic E-state index is 5.25. The van der Waals surface area contributed by atoms with E-state index in [9.17, 15) is 0 Å². The zero-order valence-corrected chi connectivity index (χ0v) is 9.30. The van der Waals surface area contributed by atoms with Gasteiger partial charge in [0.05, 0.1) is 0 Å². The van der Waals surface area contributed by atoms with Gasteiger partial charge in [0.1, 0.15) is 5.82 Å². The van der Waals surface area contributed by atoms with Crippen molar-refractivity contribution in [3.05, 3.63) is 46.7 Å². The molecule has 0 atom stereocenters. The zero-order valence-electron chi connectivity index (χ0n) is 7.14. The number of hydrogen-bond acceptors (Lipinski definition) is 2. The fourth-order valence-corrected chi connectivity index (χ4v) is 0.376. The van der Waals surface area contributed by atoms with Crippen LogP contribution in [0.15, 0.2) is 24.4 Å². The van der Waals surface area contributed by atoms with Crippen LogP contribution in [0.2, 0.25) is 0 Å². The first kappa shape index (κ1) is 22.4. The monoisotopic (exact) mass is 336 g/mol. The molecule has 0 spiro atoms. The summed E-state index contributed by atoms with van der Waals surface area (Å²) >= 11 is 0. The van der Waals surface area contributed by atoms with E-state index in [0.717, 1.165) is 0 Å². The van der Waals surface area contributed by atoms with Crippen molar-refractivity contribution in [3.8, 4) is 0 Å². The van der Waals surface area contributed by atoms with Gasteiger partial charge in [0.15, 0.2) is 0 Å². The average molecular weight is 336 g/mol. The van der Waals surface area contributed by atoms with Crippen LogP contribution in [0.3, 0.4) is 0 Å². The third kappa shape index (κ3) is 9.69. The minimum absolute atomic E-state index is 0. The largest absolute Gasteiger partial charge is 3.00 e. The summed E-state index contributed by atoms with van der Waals surface area (Å²) in [5, 5.41) is 0. The van der Waals surface area contributed by atoms with Crippen molar-refractivity contribution < 1.29 is 22.4 Å². The fraction of sp³-hybridized carbons (Fsp3) is 0. The summed E-state index contributed by atoms with van der Waals surface area (Å²) in [4.78, 5) is 3.76. The van der Waals surface area contributed by atoms with Crippen LogP contribution in [0.4, 0.5) is 5.82 Å². The van der Waals surface area contributed by atoms with Crippen LogP contribution in [-0.2, 0) is 22.4 Å². The molecule has 2 N–H and O–H groups in total. The van der Waals surface area contributed by atoms with E-state index in [2.05, 4.69) is 4.98 Å². The van der Waals surface area contributed by atoms with Crippen LogP contribution < -0.4 is 5.73 Å². The second-order valence-corrected chi connectivity index (χ2v) is 1.25. The van der Waals surface area contributed by atoms with E-state index in [-0.39, 0.29) is 44.7 Å². The van der Waals surface area contributed by atoms with Crippen LogP contribution in [0.5, 0.6) is 0 Å². The summed E-state index contributed by atoms with van der Waals surface area (Å²) in [7, 11) is 0. The Kier molecular flexibility index (Phi) is 25.2. The standard InChI is InChI=1S/C5H6N2.3CH3.Au/c6-5-3-1-2-4-7-5;;;;/h1-4H,(H2,6,7);3*1H3;/q;3*-1;+3. The molecule has 3 heteroatoms. The van der Waals surface area contributed by atoms with Gasteiger partial charge in [-0.25, -0.2) is 4.98 Å². The number of anilines is 1. The van der Waals surface area contributed by atoms with E-state index in [1.165, 1.54) is 0 Å². The molecule has 1 heterocycles. The number of hydrogen-bond donors (Lipinski definition) is 1. The molecule has 2 nitrogen and oxygen atoms in total. The van der Waals surface area contributed by atoms with Crippen molar-refractivity contribution in [1.82, 2.24) is 4.98 Å². The summed E-state index contributed by atoms with van der Waals surface area (Å²) in [6.45, 7) is 0. The van der Waals surface area contributed by atoms with E-state index in [1.807, 2.05) is 12.1 Å². The second kappa shape index (κ2) is 12.4. The first-order valence-electron chi connectivity index (χ1n) is 2.06. The van der Waals surface area contributed by atoms with Gasteiger partial charge in [0.25, 0.3) is 0 Å². The van der Waals surface area contributed by atoms with Crippen molar-refractivity contribution in [2.75, 3.05) is 5.73 Å². The summed E-state index contributed by atoms with van der Waals surface area (Å²) in [5.74, 6) is 0.572. The third-order valence-corrected chi connectivity index (χ3v) is 0.688. The van der Waals surface area contributed by atoms with Crippen LogP contribution in [0.1, 0.15) is 0 Å². The topological polar surface area (TPSA) is 38.9 Å². The maximum Gasteiger partial charge on any atom is 3.00 e. The van der Waals surface area contributed by atoms with Gasteiger partial charge >= 0.3 is 22.4 Å². The smallest absolute Gasteiger partial charge is 0.384 e. The summed E-state index contributed by atoms with van der Waals surface area (Å²) in [6, 6.07) is 5.43. The minimum Gasteiger partial charge on any atom is -0.384 e. The number of aromatic nitrogens is 1. The van der Waals surface area contributed by atoms with Crippen molar-refractivity contribution in [2.45, 2.75) is 0 Å². The predicted molar refractivity (Wildman–Crippen MR) is 47.9 cm³/mol. The van der Waals surface area contributed by atoms with Gasteiger partial charge in [-0.2, -0.15) is 0 Å². The Morgan fingerprint density at radius 3 is 1.82 bits per heavy atom. The summed E-state index contributed by atoms with van der Waals surface area (Å²) in [6.07, 6.45) is 1.66.